The van der Waals surface area contributed by atoms with Crippen LogP contribution in [0.1, 0.15) is 44.7 Å². The molecule has 0 spiro atoms. The zero-order valence-corrected chi connectivity index (χ0v) is 36.2. The second-order valence-electron chi connectivity index (χ2n) is 15.8. The van der Waals surface area contributed by atoms with Gasteiger partial charge in [-0.15, -0.1) is 48.0 Å². The quantitative estimate of drug-likeness (QED) is 0.113. The second-order valence-corrected chi connectivity index (χ2v) is 20.8. The van der Waals surface area contributed by atoms with Gasteiger partial charge in [0.05, 0.1) is 13.7 Å². The summed E-state index contributed by atoms with van der Waals surface area (Å²) in [7, 11) is -1.34. The summed E-state index contributed by atoms with van der Waals surface area (Å²) in [6.07, 6.45) is 5.12. The van der Waals surface area contributed by atoms with E-state index in [2.05, 4.69) is 168 Å². The van der Waals surface area contributed by atoms with Crippen molar-refractivity contribution in [2.75, 3.05) is 0 Å². The van der Waals surface area contributed by atoms with Crippen LogP contribution in [0.2, 0.25) is 19.6 Å². The number of hydrogen-bond donors (Lipinski definition) is 0. The minimum Gasteiger partial charge on any atom is -0.500 e. The van der Waals surface area contributed by atoms with Crippen LogP contribution < -0.4 is 5.19 Å². The minimum atomic E-state index is -1.34. The molecule has 3 aromatic heterocycles. The van der Waals surface area contributed by atoms with Crippen LogP contribution >= 0.6 is 0 Å². The van der Waals surface area contributed by atoms with Crippen LogP contribution in [0.5, 0.6) is 0 Å². The van der Waals surface area contributed by atoms with Crippen molar-refractivity contribution >= 4 is 35.2 Å². The van der Waals surface area contributed by atoms with Crippen LogP contribution in [0, 0.1) is 18.1 Å². The summed E-state index contributed by atoms with van der Waals surface area (Å²) in [5, 5.41) is 3.70. The monoisotopic (exact) mass is 913 g/mol. The number of nitrogens with zero attached hydrogens (tertiary/aromatic N) is 2. The summed E-state index contributed by atoms with van der Waals surface area (Å²) in [5.74, 6) is 1.08. The molecule has 0 atom stereocenters. The van der Waals surface area contributed by atoms with Crippen molar-refractivity contribution in [2.24, 2.45) is 5.92 Å². The van der Waals surface area contributed by atoms with Crippen molar-refractivity contribution in [3.8, 4) is 44.8 Å². The Balaban J connectivity index is 0.000000211. The number of aromatic nitrogens is 2. The molecule has 0 saturated heterocycles. The molecular weight excluding hydrogens is 865 g/mol. The molecule has 5 aromatic carbocycles. The summed E-state index contributed by atoms with van der Waals surface area (Å²) in [5.41, 5.74) is 12.8. The molecule has 0 N–H and O–H groups in total. The van der Waals surface area contributed by atoms with E-state index in [1.165, 1.54) is 16.3 Å². The molecule has 0 amide bonds. The Labute approximate surface area is 341 Å². The van der Waals surface area contributed by atoms with Crippen molar-refractivity contribution in [3.05, 3.63) is 163 Å². The molecule has 0 saturated carbocycles. The van der Waals surface area contributed by atoms with E-state index in [9.17, 15) is 0 Å². The Morgan fingerprint density at radius 2 is 1.36 bits per heavy atom. The van der Waals surface area contributed by atoms with Gasteiger partial charge in [0, 0.05) is 43.4 Å². The van der Waals surface area contributed by atoms with Crippen LogP contribution in [0.25, 0.3) is 66.7 Å². The Morgan fingerprint density at radius 3 is 2.00 bits per heavy atom. The molecule has 8 rings (SSSR count). The van der Waals surface area contributed by atoms with Gasteiger partial charge in [-0.3, -0.25) is 0 Å². The maximum absolute atomic E-state index is 6.71. The molecule has 0 fully saturated rings. The SMILES string of the molecule is CC(C)Cc1cc(-c2[c-]cccc2)ncc1[Si](C)(C)C.CC(C)c1ccnc(-c2[c-]cc(-c3ccccc3)c3c2oc2c(-c4ccccc4)cccc23)c1.[Ir]. The Morgan fingerprint density at radius 1 is 0.673 bits per heavy atom. The van der Waals surface area contributed by atoms with Crippen molar-refractivity contribution in [1.29, 1.82) is 0 Å². The van der Waals surface area contributed by atoms with Crippen molar-refractivity contribution < 1.29 is 24.5 Å². The molecule has 8 aromatic rings. The molecule has 0 aliphatic rings. The van der Waals surface area contributed by atoms with Gasteiger partial charge in [0.1, 0.15) is 5.58 Å². The molecule has 0 unspecified atom stereocenters. The predicted octanol–water partition coefficient (Wildman–Crippen LogP) is 13.2. The van der Waals surface area contributed by atoms with Crippen LogP contribution in [0.3, 0.4) is 0 Å². The molecule has 0 bridgehead atoms. The zero-order valence-electron chi connectivity index (χ0n) is 32.8. The van der Waals surface area contributed by atoms with E-state index in [-0.39, 0.29) is 20.1 Å². The fourth-order valence-electron chi connectivity index (χ4n) is 7.15. The summed E-state index contributed by atoms with van der Waals surface area (Å²) in [6.45, 7) is 16.1. The van der Waals surface area contributed by atoms with E-state index >= 15 is 0 Å². The predicted molar refractivity (Wildman–Crippen MR) is 231 cm³/mol. The summed E-state index contributed by atoms with van der Waals surface area (Å²) >= 11 is 0. The smallest absolute Gasteiger partial charge is 0.128 e. The van der Waals surface area contributed by atoms with E-state index in [1.807, 2.05) is 36.5 Å². The Kier molecular flexibility index (Phi) is 12.5. The average Bonchev–Trinajstić information content (AvgIpc) is 3.58. The molecule has 0 aliphatic carbocycles. The van der Waals surface area contributed by atoms with Gasteiger partial charge in [-0.05, 0) is 51.8 Å². The van der Waals surface area contributed by atoms with Gasteiger partial charge in [0.15, 0.2) is 0 Å². The molecule has 3 heterocycles. The average molecular weight is 913 g/mol. The van der Waals surface area contributed by atoms with Gasteiger partial charge in [0.25, 0.3) is 0 Å². The third kappa shape index (κ3) is 8.81. The van der Waals surface area contributed by atoms with Crippen LogP contribution in [-0.2, 0) is 26.5 Å². The molecule has 1 radical (unpaired) electrons. The van der Waals surface area contributed by atoms with Crippen molar-refractivity contribution in [3.63, 3.8) is 0 Å². The number of para-hydroxylation sites is 1. The fraction of sp³-hybridized carbons (Fsp3) is 0.200. The minimum absolute atomic E-state index is 0. The second kappa shape index (κ2) is 17.2. The van der Waals surface area contributed by atoms with E-state index in [4.69, 9.17) is 9.40 Å². The standard InChI is InChI=1S/C32H24NO.C18H24NSi.Ir/c1-21(2)24-18-19-33-29(20-24)27-17-16-25(22-10-5-3-6-11-22)30-28-15-9-14-26(31(28)34-32(27)30)23-12-7-4-8-13-23;1-14(2)11-16-12-17(15-9-7-6-8-10-15)19-13-18(16)20(3,4)5;/h3-16,18-21H,1-2H3;6-9,12-14H,11H2,1-5H3;/q2*-1;. The third-order valence-electron chi connectivity index (χ3n) is 9.86. The Bertz CT molecular complexity index is 2500. The van der Waals surface area contributed by atoms with Gasteiger partial charge in [-0.25, -0.2) is 0 Å². The van der Waals surface area contributed by atoms with Gasteiger partial charge in [0.2, 0.25) is 0 Å². The number of furan rings is 1. The maximum Gasteiger partial charge on any atom is 0.128 e. The van der Waals surface area contributed by atoms with Gasteiger partial charge >= 0.3 is 0 Å². The van der Waals surface area contributed by atoms with E-state index in [0.717, 1.165) is 73.1 Å². The number of rotatable bonds is 8. The van der Waals surface area contributed by atoms with E-state index < -0.39 is 8.07 Å². The molecule has 55 heavy (non-hydrogen) atoms. The third-order valence-corrected chi connectivity index (χ3v) is 11.9. The first-order chi connectivity index (χ1) is 26.1. The topological polar surface area (TPSA) is 38.9 Å². The number of pyridine rings is 2. The Hall–Kier alpha value is -4.93. The number of fused-ring (bicyclic) bond motifs is 3. The van der Waals surface area contributed by atoms with Gasteiger partial charge in [-0.1, -0.05) is 166 Å². The van der Waals surface area contributed by atoms with Crippen molar-refractivity contribution in [1.82, 2.24) is 9.97 Å². The fourth-order valence-corrected chi connectivity index (χ4v) is 8.74. The number of benzene rings is 5. The first kappa shape index (κ1) is 39.8. The normalized spacial score (nSPS) is 11.4. The molecule has 0 aliphatic heterocycles. The van der Waals surface area contributed by atoms with E-state index in [1.54, 1.807) is 0 Å². The first-order valence-corrected chi connectivity index (χ1v) is 22.5. The zero-order chi connectivity index (χ0) is 37.8. The van der Waals surface area contributed by atoms with E-state index in [0.29, 0.717) is 11.8 Å². The summed E-state index contributed by atoms with van der Waals surface area (Å²) in [6, 6.07) is 50.7. The molecule has 3 nitrogen and oxygen atoms in total. The summed E-state index contributed by atoms with van der Waals surface area (Å²) in [4.78, 5) is 9.39. The molecular formula is C50H48IrN2OSi-2. The molecule has 279 valence electrons. The van der Waals surface area contributed by atoms with Crippen molar-refractivity contribution in [2.45, 2.75) is 59.7 Å². The largest absolute Gasteiger partial charge is 0.500 e. The van der Waals surface area contributed by atoms with Crippen LogP contribution in [0.15, 0.2) is 144 Å². The first-order valence-electron chi connectivity index (χ1n) is 19.0. The molecule has 5 heteroatoms. The van der Waals surface area contributed by atoms with Crippen LogP contribution in [-0.4, -0.2) is 18.0 Å². The van der Waals surface area contributed by atoms with Gasteiger partial charge in [-0.2, -0.15) is 0 Å². The maximum atomic E-state index is 6.71. The van der Waals surface area contributed by atoms with Gasteiger partial charge < -0.3 is 14.4 Å². The summed E-state index contributed by atoms with van der Waals surface area (Å²) < 4.78 is 6.71. The number of hydrogen-bond acceptors (Lipinski definition) is 3. The van der Waals surface area contributed by atoms with Crippen LogP contribution in [0.4, 0.5) is 0 Å².